The number of aromatic amines is 2. The number of fused-ring (bicyclic) bond motifs is 1. The van der Waals surface area contributed by atoms with Crippen molar-refractivity contribution in [1.82, 2.24) is 29.2 Å². The lowest BCUT2D eigenvalue weighted by Crippen LogP contribution is -2.36. The molecule has 1 aromatic carbocycles. The van der Waals surface area contributed by atoms with Gasteiger partial charge in [0.05, 0.1) is 17.6 Å². The van der Waals surface area contributed by atoms with Crippen LogP contribution in [0.2, 0.25) is 0 Å². The Hall–Kier alpha value is -2.61. The second-order valence-corrected chi connectivity index (χ2v) is 6.33. The molecule has 8 nitrogen and oxygen atoms in total. The first-order valence-corrected chi connectivity index (χ1v) is 8.15. The fraction of sp³-hybridized carbons (Fsp3) is 0.438. The number of aromatic nitrogens is 5. The fourth-order valence-electron chi connectivity index (χ4n) is 3.51. The second-order valence-electron chi connectivity index (χ2n) is 6.33. The summed E-state index contributed by atoms with van der Waals surface area (Å²) in [5, 5.41) is 4.18. The number of H-pyrrole nitrogens is 2. The zero-order valence-corrected chi connectivity index (χ0v) is 13.5. The van der Waals surface area contributed by atoms with E-state index in [1.54, 1.807) is 7.05 Å². The highest BCUT2D eigenvalue weighted by atomic mass is 16.2. The molecule has 1 aliphatic heterocycles. The van der Waals surface area contributed by atoms with Gasteiger partial charge in [-0.2, -0.15) is 5.10 Å². The van der Waals surface area contributed by atoms with Gasteiger partial charge in [0, 0.05) is 26.2 Å². The lowest BCUT2D eigenvalue weighted by Gasteiger charge is -2.31. The van der Waals surface area contributed by atoms with Crippen molar-refractivity contribution >= 4 is 11.0 Å². The molecular formula is C16H20N6O2. The molecule has 0 saturated carbocycles. The summed E-state index contributed by atoms with van der Waals surface area (Å²) in [5.41, 5.74) is 1.62. The third-order valence-electron chi connectivity index (χ3n) is 4.74. The Labute approximate surface area is 137 Å². The number of nitrogens with zero attached hydrogens (tertiary/aromatic N) is 4. The Morgan fingerprint density at radius 2 is 1.88 bits per heavy atom. The number of benzene rings is 1. The lowest BCUT2D eigenvalue weighted by atomic mass is 10.0. The molecule has 1 fully saturated rings. The molecule has 1 saturated heterocycles. The SMILES string of the molecule is Cn1nc(CN2CCC(n3c(=O)[nH]c4ccccc43)CC2)[nH]c1=O. The van der Waals surface area contributed by atoms with Gasteiger partial charge in [0.2, 0.25) is 0 Å². The predicted molar refractivity (Wildman–Crippen MR) is 89.9 cm³/mol. The van der Waals surface area contributed by atoms with Crippen molar-refractivity contribution in [2.75, 3.05) is 13.1 Å². The van der Waals surface area contributed by atoms with Gasteiger partial charge in [-0.3, -0.25) is 14.5 Å². The Morgan fingerprint density at radius 3 is 2.58 bits per heavy atom. The summed E-state index contributed by atoms with van der Waals surface area (Å²) >= 11 is 0. The van der Waals surface area contributed by atoms with Crippen LogP contribution < -0.4 is 11.4 Å². The highest BCUT2D eigenvalue weighted by Crippen LogP contribution is 2.25. The second kappa shape index (κ2) is 5.79. The molecule has 2 N–H and O–H groups in total. The first kappa shape index (κ1) is 14.9. The van der Waals surface area contributed by atoms with Crippen LogP contribution in [-0.2, 0) is 13.6 Å². The minimum atomic E-state index is -0.190. The van der Waals surface area contributed by atoms with Crippen LogP contribution in [0.3, 0.4) is 0 Å². The molecule has 24 heavy (non-hydrogen) atoms. The van der Waals surface area contributed by atoms with Crippen molar-refractivity contribution in [2.45, 2.75) is 25.4 Å². The maximum atomic E-state index is 12.3. The molecule has 3 aromatic rings. The molecule has 0 atom stereocenters. The number of hydrogen-bond donors (Lipinski definition) is 2. The van der Waals surface area contributed by atoms with E-state index in [2.05, 4.69) is 20.0 Å². The van der Waals surface area contributed by atoms with Gasteiger partial charge in [0.15, 0.2) is 0 Å². The van der Waals surface area contributed by atoms with Crippen LogP contribution in [0.25, 0.3) is 11.0 Å². The molecule has 0 amide bonds. The van der Waals surface area contributed by atoms with Crippen molar-refractivity contribution in [3.8, 4) is 0 Å². The number of piperidine rings is 1. The first-order chi connectivity index (χ1) is 11.6. The van der Waals surface area contributed by atoms with E-state index >= 15 is 0 Å². The maximum Gasteiger partial charge on any atom is 0.343 e. The molecule has 0 aliphatic carbocycles. The van der Waals surface area contributed by atoms with Gasteiger partial charge >= 0.3 is 11.4 Å². The number of hydrogen-bond acceptors (Lipinski definition) is 4. The van der Waals surface area contributed by atoms with Crippen LogP contribution in [0, 0.1) is 0 Å². The van der Waals surface area contributed by atoms with Crippen molar-refractivity contribution < 1.29 is 0 Å². The number of rotatable bonds is 3. The van der Waals surface area contributed by atoms with Crippen LogP contribution in [0.5, 0.6) is 0 Å². The average Bonchev–Trinajstić information content (AvgIpc) is 3.07. The van der Waals surface area contributed by atoms with E-state index in [-0.39, 0.29) is 17.4 Å². The van der Waals surface area contributed by atoms with E-state index in [0.717, 1.165) is 37.0 Å². The maximum absolute atomic E-state index is 12.3. The Bertz CT molecular complexity index is 970. The summed E-state index contributed by atoms with van der Waals surface area (Å²) in [4.78, 5) is 31.7. The highest BCUT2D eigenvalue weighted by Gasteiger charge is 2.24. The zero-order chi connectivity index (χ0) is 16.7. The molecular weight excluding hydrogens is 308 g/mol. The number of imidazole rings is 1. The standard InChI is InChI=1S/C16H20N6O2/c1-20-15(23)18-14(19-20)10-21-8-6-11(7-9-21)22-13-5-3-2-4-12(13)17-16(22)24/h2-5,11H,6-10H2,1H3,(H,17,24)(H,18,19,23). The van der Waals surface area contributed by atoms with Gasteiger partial charge < -0.3 is 4.98 Å². The molecule has 1 aliphatic rings. The highest BCUT2D eigenvalue weighted by molar-refractivity contribution is 5.75. The zero-order valence-electron chi connectivity index (χ0n) is 13.5. The van der Waals surface area contributed by atoms with Crippen molar-refractivity contribution in [3.63, 3.8) is 0 Å². The lowest BCUT2D eigenvalue weighted by molar-refractivity contribution is 0.176. The predicted octanol–water partition coefficient (Wildman–Crippen LogP) is 0.588. The van der Waals surface area contributed by atoms with Crippen LogP contribution in [0.4, 0.5) is 0 Å². The summed E-state index contributed by atoms with van der Waals surface area (Å²) in [6.07, 6.45) is 1.80. The molecule has 0 spiro atoms. The Morgan fingerprint density at radius 1 is 1.12 bits per heavy atom. The van der Waals surface area contributed by atoms with E-state index in [0.29, 0.717) is 12.4 Å². The summed E-state index contributed by atoms with van der Waals surface area (Å²) in [6.45, 7) is 2.37. The molecule has 2 aromatic heterocycles. The Balaban J connectivity index is 1.48. The van der Waals surface area contributed by atoms with E-state index in [4.69, 9.17) is 0 Å². The third kappa shape index (κ3) is 2.58. The molecule has 8 heteroatoms. The number of para-hydroxylation sites is 2. The van der Waals surface area contributed by atoms with Crippen molar-refractivity contribution in [1.29, 1.82) is 0 Å². The molecule has 0 bridgehead atoms. The van der Waals surface area contributed by atoms with Crippen LogP contribution >= 0.6 is 0 Å². The van der Waals surface area contributed by atoms with Crippen LogP contribution in [0.1, 0.15) is 24.7 Å². The Kier molecular flexibility index (Phi) is 3.61. The first-order valence-electron chi connectivity index (χ1n) is 8.15. The summed E-state index contributed by atoms with van der Waals surface area (Å²) in [5.74, 6) is 0.685. The third-order valence-corrected chi connectivity index (χ3v) is 4.74. The molecule has 0 unspecified atom stereocenters. The average molecular weight is 328 g/mol. The fourth-order valence-corrected chi connectivity index (χ4v) is 3.51. The topological polar surface area (TPSA) is 91.7 Å². The molecule has 0 radical (unpaired) electrons. The quantitative estimate of drug-likeness (QED) is 0.736. The van der Waals surface area contributed by atoms with Gasteiger partial charge in [-0.05, 0) is 25.0 Å². The van der Waals surface area contributed by atoms with E-state index in [1.165, 1.54) is 4.68 Å². The van der Waals surface area contributed by atoms with Crippen molar-refractivity contribution in [3.05, 3.63) is 51.1 Å². The normalized spacial score (nSPS) is 16.9. The smallest absolute Gasteiger partial charge is 0.306 e. The van der Waals surface area contributed by atoms with E-state index < -0.39 is 0 Å². The monoisotopic (exact) mass is 328 g/mol. The number of aryl methyl sites for hydroxylation is 1. The van der Waals surface area contributed by atoms with Crippen molar-refractivity contribution in [2.24, 2.45) is 7.05 Å². The van der Waals surface area contributed by atoms with Gasteiger partial charge in [-0.1, -0.05) is 12.1 Å². The van der Waals surface area contributed by atoms with E-state index in [1.807, 2.05) is 28.8 Å². The van der Waals surface area contributed by atoms with Gasteiger partial charge in [-0.15, -0.1) is 0 Å². The van der Waals surface area contributed by atoms with Gasteiger partial charge in [0.1, 0.15) is 5.82 Å². The molecule has 4 rings (SSSR count). The molecule has 3 heterocycles. The number of nitrogens with one attached hydrogen (secondary N) is 2. The van der Waals surface area contributed by atoms with Crippen LogP contribution in [0.15, 0.2) is 33.9 Å². The van der Waals surface area contributed by atoms with Crippen LogP contribution in [-0.4, -0.2) is 42.3 Å². The minimum Gasteiger partial charge on any atom is -0.306 e. The van der Waals surface area contributed by atoms with Gasteiger partial charge in [0.25, 0.3) is 0 Å². The molecule has 126 valence electrons. The largest absolute Gasteiger partial charge is 0.343 e. The summed E-state index contributed by atoms with van der Waals surface area (Å²) in [7, 11) is 1.64. The summed E-state index contributed by atoms with van der Waals surface area (Å²) < 4.78 is 3.20. The van der Waals surface area contributed by atoms with Gasteiger partial charge in [-0.25, -0.2) is 14.3 Å². The van der Waals surface area contributed by atoms with E-state index in [9.17, 15) is 9.59 Å². The minimum absolute atomic E-state index is 0.0382. The summed E-state index contributed by atoms with van der Waals surface area (Å²) in [6, 6.07) is 8.00. The number of likely N-dealkylation sites (tertiary alicyclic amines) is 1.